The Balaban J connectivity index is 1.57. The Morgan fingerprint density at radius 2 is 1.82 bits per heavy atom. The van der Waals surface area contributed by atoms with E-state index in [4.69, 9.17) is 17.3 Å². The van der Waals surface area contributed by atoms with Crippen LogP contribution in [0.3, 0.4) is 0 Å². The molecule has 3 N–H and O–H groups in total. The second-order valence-corrected chi connectivity index (χ2v) is 11.1. The van der Waals surface area contributed by atoms with Crippen LogP contribution in [0.25, 0.3) is 0 Å². The van der Waals surface area contributed by atoms with E-state index in [1.165, 1.54) is 12.0 Å². The minimum absolute atomic E-state index is 0.0222. The summed E-state index contributed by atoms with van der Waals surface area (Å²) in [7, 11) is 0. The van der Waals surface area contributed by atoms with Crippen LogP contribution < -0.4 is 11.1 Å². The fraction of sp³-hybridized carbons (Fsp3) is 0.481. The number of azo groups is 1. The standard InChI is InChI=1S/C27H34ClN5O/c1-17-5-7-18(8-6-17)16-30-23(29)22(33-32-21-11-9-20(28)10-12-21)24(34)31-25-26(2,3)19-13-14-27(25,4)15-19/h5-12,19,22,25H,13-16H2,1-4H3,(H2,29,30)(H,31,34)/b33-32+. The number of aliphatic imine (C=N–C) groups is 1. The molecule has 0 heterocycles. The van der Waals surface area contributed by atoms with E-state index in [0.717, 1.165) is 18.4 Å². The summed E-state index contributed by atoms with van der Waals surface area (Å²) in [6.45, 7) is 9.21. The van der Waals surface area contributed by atoms with Crippen molar-refractivity contribution in [3.63, 3.8) is 0 Å². The average Bonchev–Trinajstić information content (AvgIpc) is 3.28. The van der Waals surface area contributed by atoms with Gasteiger partial charge in [0.15, 0.2) is 0 Å². The zero-order valence-electron chi connectivity index (χ0n) is 20.4. The molecule has 0 aromatic heterocycles. The Hall–Kier alpha value is -2.73. The summed E-state index contributed by atoms with van der Waals surface area (Å²) < 4.78 is 0. The van der Waals surface area contributed by atoms with E-state index in [9.17, 15) is 4.79 Å². The molecular formula is C27H34ClN5O. The molecule has 4 atom stereocenters. The highest BCUT2D eigenvalue weighted by Gasteiger charge is 2.60. The van der Waals surface area contributed by atoms with Crippen LogP contribution in [-0.2, 0) is 11.3 Å². The molecule has 4 unspecified atom stereocenters. The zero-order chi connectivity index (χ0) is 24.5. The number of nitrogens with two attached hydrogens (primary N) is 1. The fourth-order valence-electron chi connectivity index (χ4n) is 5.72. The lowest BCUT2D eigenvalue weighted by atomic mass is 9.68. The van der Waals surface area contributed by atoms with Crippen LogP contribution >= 0.6 is 11.6 Å². The summed E-state index contributed by atoms with van der Waals surface area (Å²) in [6.07, 6.45) is 3.48. The van der Waals surface area contributed by atoms with E-state index in [1.54, 1.807) is 24.3 Å². The van der Waals surface area contributed by atoms with Crippen molar-refractivity contribution >= 4 is 29.0 Å². The summed E-state index contributed by atoms with van der Waals surface area (Å²) in [4.78, 5) is 18.0. The first-order valence-corrected chi connectivity index (χ1v) is 12.3. The quantitative estimate of drug-likeness (QED) is 0.290. The maximum Gasteiger partial charge on any atom is 0.254 e. The normalized spacial score (nSPS) is 26.7. The highest BCUT2D eigenvalue weighted by molar-refractivity contribution is 6.30. The lowest BCUT2D eigenvalue weighted by Crippen LogP contribution is -2.56. The average molecular weight is 480 g/mol. The van der Waals surface area contributed by atoms with Gasteiger partial charge in [-0.3, -0.25) is 9.79 Å². The number of hydrogen-bond acceptors (Lipinski definition) is 4. The first kappa shape index (κ1) is 24.4. The van der Waals surface area contributed by atoms with Crippen molar-refractivity contribution in [1.82, 2.24) is 5.32 Å². The van der Waals surface area contributed by atoms with Gasteiger partial charge in [-0.1, -0.05) is 62.2 Å². The summed E-state index contributed by atoms with van der Waals surface area (Å²) in [5.74, 6) is 0.515. The summed E-state index contributed by atoms with van der Waals surface area (Å²) in [5.41, 5.74) is 9.26. The molecule has 2 aromatic rings. The fourth-order valence-corrected chi connectivity index (χ4v) is 5.85. The number of nitrogens with one attached hydrogen (secondary N) is 1. The van der Waals surface area contributed by atoms with Crippen molar-refractivity contribution in [1.29, 1.82) is 0 Å². The molecule has 34 heavy (non-hydrogen) atoms. The van der Waals surface area contributed by atoms with E-state index < -0.39 is 6.04 Å². The molecule has 2 aliphatic carbocycles. The number of fused-ring (bicyclic) bond motifs is 2. The van der Waals surface area contributed by atoms with E-state index in [2.05, 4.69) is 41.3 Å². The van der Waals surface area contributed by atoms with Crippen LogP contribution in [0.15, 0.2) is 63.8 Å². The third kappa shape index (κ3) is 5.02. The first-order valence-electron chi connectivity index (χ1n) is 11.9. The maximum absolute atomic E-state index is 13.5. The third-order valence-electron chi connectivity index (χ3n) is 7.76. The topological polar surface area (TPSA) is 92.2 Å². The van der Waals surface area contributed by atoms with Crippen molar-refractivity contribution in [2.24, 2.45) is 37.7 Å². The predicted molar refractivity (Wildman–Crippen MR) is 137 cm³/mol. The minimum atomic E-state index is -1.00. The number of nitrogens with zero attached hydrogens (tertiary/aromatic N) is 3. The van der Waals surface area contributed by atoms with Gasteiger partial charge in [0.25, 0.3) is 5.91 Å². The Labute approximate surface area is 207 Å². The summed E-state index contributed by atoms with van der Waals surface area (Å²) in [6, 6.07) is 14.1. The van der Waals surface area contributed by atoms with Gasteiger partial charge in [0.05, 0.1) is 12.2 Å². The number of hydrogen-bond donors (Lipinski definition) is 2. The smallest absolute Gasteiger partial charge is 0.254 e. The first-order chi connectivity index (χ1) is 16.1. The molecule has 6 nitrogen and oxygen atoms in total. The highest BCUT2D eigenvalue weighted by Crippen LogP contribution is 2.62. The van der Waals surface area contributed by atoms with Crippen molar-refractivity contribution in [3.05, 3.63) is 64.7 Å². The van der Waals surface area contributed by atoms with Crippen LogP contribution in [0.4, 0.5) is 5.69 Å². The monoisotopic (exact) mass is 479 g/mol. The van der Waals surface area contributed by atoms with Gasteiger partial charge >= 0.3 is 0 Å². The van der Waals surface area contributed by atoms with E-state index in [1.807, 2.05) is 31.2 Å². The highest BCUT2D eigenvalue weighted by atomic mass is 35.5. The zero-order valence-corrected chi connectivity index (χ0v) is 21.1. The Kier molecular flexibility index (Phi) is 6.81. The molecule has 1 amide bonds. The molecule has 7 heteroatoms. The minimum Gasteiger partial charge on any atom is -0.385 e. The van der Waals surface area contributed by atoms with Crippen molar-refractivity contribution < 1.29 is 4.79 Å². The van der Waals surface area contributed by atoms with Crippen LogP contribution in [0, 0.1) is 23.7 Å². The van der Waals surface area contributed by atoms with Crippen molar-refractivity contribution in [3.8, 4) is 0 Å². The lowest BCUT2D eigenvalue weighted by molar-refractivity contribution is -0.123. The number of amidine groups is 1. The molecule has 2 aromatic carbocycles. The van der Waals surface area contributed by atoms with E-state index >= 15 is 0 Å². The van der Waals surface area contributed by atoms with Gasteiger partial charge in [0, 0.05) is 11.1 Å². The number of aryl methyl sites for hydroxylation is 1. The molecule has 2 aliphatic rings. The van der Waals surface area contributed by atoms with Crippen LogP contribution in [0.5, 0.6) is 0 Å². The van der Waals surface area contributed by atoms with Crippen LogP contribution in [0.1, 0.15) is 51.2 Å². The molecule has 0 spiro atoms. The Morgan fingerprint density at radius 1 is 1.15 bits per heavy atom. The molecule has 2 saturated carbocycles. The third-order valence-corrected chi connectivity index (χ3v) is 8.02. The number of amides is 1. The number of halogens is 1. The predicted octanol–water partition coefficient (Wildman–Crippen LogP) is 5.99. The molecule has 180 valence electrons. The lowest BCUT2D eigenvalue weighted by Gasteiger charge is -2.43. The summed E-state index contributed by atoms with van der Waals surface area (Å²) in [5, 5.41) is 12.5. The number of carbonyl (C=O) groups excluding carboxylic acids is 1. The van der Waals surface area contributed by atoms with Gasteiger partial charge < -0.3 is 11.1 Å². The molecular weight excluding hydrogens is 446 g/mol. The van der Waals surface area contributed by atoms with Gasteiger partial charge in [0.1, 0.15) is 5.84 Å². The Morgan fingerprint density at radius 3 is 2.44 bits per heavy atom. The largest absolute Gasteiger partial charge is 0.385 e. The van der Waals surface area contributed by atoms with Gasteiger partial charge in [-0.25, -0.2) is 0 Å². The van der Waals surface area contributed by atoms with Gasteiger partial charge in [-0.2, -0.15) is 10.2 Å². The van der Waals surface area contributed by atoms with E-state index in [-0.39, 0.29) is 28.6 Å². The molecule has 2 fully saturated rings. The van der Waals surface area contributed by atoms with Gasteiger partial charge in [-0.05, 0) is 72.8 Å². The number of benzene rings is 2. The number of carbonyl (C=O) groups is 1. The Bertz CT molecular complexity index is 1090. The maximum atomic E-state index is 13.5. The molecule has 4 rings (SSSR count). The molecule has 0 radical (unpaired) electrons. The number of rotatable bonds is 7. The van der Waals surface area contributed by atoms with Crippen molar-refractivity contribution in [2.75, 3.05) is 0 Å². The second-order valence-electron chi connectivity index (χ2n) is 10.7. The van der Waals surface area contributed by atoms with Gasteiger partial charge in [-0.15, -0.1) is 0 Å². The second kappa shape index (κ2) is 9.49. The summed E-state index contributed by atoms with van der Waals surface area (Å²) >= 11 is 5.97. The molecule has 2 bridgehead atoms. The molecule has 0 aliphatic heterocycles. The molecule has 0 saturated heterocycles. The van der Waals surface area contributed by atoms with Gasteiger partial charge in [0.2, 0.25) is 6.04 Å². The van der Waals surface area contributed by atoms with Crippen LogP contribution in [-0.4, -0.2) is 23.8 Å². The van der Waals surface area contributed by atoms with E-state index in [0.29, 0.717) is 23.2 Å². The SMILES string of the molecule is Cc1ccc(C/N=C(\N)C(/N=N/c2ccc(Cl)cc2)C(=O)NC2C3(C)CCC(C3)C2(C)C)cc1. The van der Waals surface area contributed by atoms with Crippen LogP contribution in [0.2, 0.25) is 5.02 Å². The van der Waals surface area contributed by atoms with Crippen molar-refractivity contribution in [2.45, 2.75) is 65.6 Å².